The molecule has 1 aliphatic carbocycles. The van der Waals surface area contributed by atoms with Gasteiger partial charge in [0.15, 0.2) is 0 Å². The summed E-state index contributed by atoms with van der Waals surface area (Å²) in [6.45, 7) is 3.04. The monoisotopic (exact) mass is 223 g/mol. The molecule has 2 fully saturated rings. The molecule has 1 aromatic heterocycles. The van der Waals surface area contributed by atoms with Crippen molar-refractivity contribution in [3.8, 4) is 0 Å². The molecule has 2 bridgehead atoms. The summed E-state index contributed by atoms with van der Waals surface area (Å²) in [4.78, 5) is 11.0. The lowest BCUT2D eigenvalue weighted by Gasteiger charge is -2.28. The maximum Gasteiger partial charge on any atom is 0.134 e. The van der Waals surface area contributed by atoms with Crippen LogP contribution in [-0.4, -0.2) is 22.6 Å². The van der Waals surface area contributed by atoms with E-state index < -0.39 is 0 Å². The number of anilines is 1. The fourth-order valence-electron chi connectivity index (χ4n) is 2.87. The first-order chi connectivity index (χ1) is 7.22. The first kappa shape index (κ1) is 9.40. The third-order valence-corrected chi connectivity index (χ3v) is 3.69. The van der Waals surface area contributed by atoms with Gasteiger partial charge in [-0.1, -0.05) is 11.6 Å². The van der Waals surface area contributed by atoms with Crippen molar-refractivity contribution in [2.24, 2.45) is 5.92 Å². The fourth-order valence-corrected chi connectivity index (χ4v) is 3.09. The molecule has 4 heteroatoms. The number of aromatic nitrogens is 2. The molecule has 0 aromatic carbocycles. The summed E-state index contributed by atoms with van der Waals surface area (Å²) in [6.07, 6.45) is 4.03. The minimum atomic E-state index is 0.556. The number of nitrogens with zero attached hydrogens (tertiary/aromatic N) is 3. The van der Waals surface area contributed by atoms with Gasteiger partial charge in [0.1, 0.15) is 16.8 Å². The van der Waals surface area contributed by atoms with E-state index in [1.165, 1.54) is 19.3 Å². The van der Waals surface area contributed by atoms with Gasteiger partial charge >= 0.3 is 0 Å². The summed E-state index contributed by atoms with van der Waals surface area (Å²) in [5.41, 5.74) is 0. The van der Waals surface area contributed by atoms with Gasteiger partial charge in [-0.05, 0) is 32.1 Å². The molecule has 0 radical (unpaired) electrons. The largest absolute Gasteiger partial charge is 0.353 e. The summed E-state index contributed by atoms with van der Waals surface area (Å²) in [5, 5.41) is 0.556. The second kappa shape index (κ2) is 3.34. The highest BCUT2D eigenvalue weighted by molar-refractivity contribution is 6.29. The van der Waals surface area contributed by atoms with Crippen LogP contribution < -0.4 is 4.90 Å². The Labute approximate surface area is 94.5 Å². The van der Waals surface area contributed by atoms with E-state index in [1.54, 1.807) is 0 Å². The number of aryl methyl sites for hydroxylation is 1. The lowest BCUT2D eigenvalue weighted by Crippen LogP contribution is -2.32. The highest BCUT2D eigenvalue weighted by Gasteiger charge is 2.38. The van der Waals surface area contributed by atoms with E-state index in [9.17, 15) is 0 Å². The van der Waals surface area contributed by atoms with E-state index in [0.29, 0.717) is 11.2 Å². The van der Waals surface area contributed by atoms with Crippen LogP contribution >= 0.6 is 11.6 Å². The Hall–Kier alpha value is -0.830. The second-order valence-electron chi connectivity index (χ2n) is 4.58. The van der Waals surface area contributed by atoms with Crippen LogP contribution in [0.15, 0.2) is 6.07 Å². The zero-order valence-corrected chi connectivity index (χ0v) is 9.54. The van der Waals surface area contributed by atoms with Crippen LogP contribution in [0.1, 0.15) is 25.1 Å². The van der Waals surface area contributed by atoms with Gasteiger partial charge in [0.2, 0.25) is 0 Å². The van der Waals surface area contributed by atoms with Crippen LogP contribution in [0.3, 0.4) is 0 Å². The number of hydrogen-bond acceptors (Lipinski definition) is 3. The third kappa shape index (κ3) is 1.59. The minimum Gasteiger partial charge on any atom is -0.353 e. The molecule has 1 saturated heterocycles. The van der Waals surface area contributed by atoms with Gasteiger partial charge in [0, 0.05) is 18.7 Å². The highest BCUT2D eigenvalue weighted by Crippen LogP contribution is 2.39. The molecule has 0 N–H and O–H groups in total. The van der Waals surface area contributed by atoms with E-state index in [0.717, 1.165) is 24.1 Å². The number of rotatable bonds is 1. The average molecular weight is 224 g/mol. The lowest BCUT2D eigenvalue weighted by atomic mass is 10.1. The van der Waals surface area contributed by atoms with Crippen molar-refractivity contribution in [3.05, 3.63) is 17.0 Å². The van der Waals surface area contributed by atoms with Crippen LogP contribution in [0.25, 0.3) is 0 Å². The standard InChI is InChI=1S/C11H14ClN3/c1-7-13-10(12)5-11(14-7)15-6-8-2-3-9(15)4-8/h5,8-9H,2-4,6H2,1H3/t8-,9-/m0/s1. The molecule has 0 spiro atoms. The summed E-state index contributed by atoms with van der Waals surface area (Å²) < 4.78 is 0. The molecule has 2 atom stereocenters. The molecule has 3 nitrogen and oxygen atoms in total. The fraction of sp³-hybridized carbons (Fsp3) is 0.636. The van der Waals surface area contributed by atoms with Crippen molar-refractivity contribution in [2.45, 2.75) is 32.2 Å². The van der Waals surface area contributed by atoms with Gasteiger partial charge in [0.05, 0.1) is 0 Å². The van der Waals surface area contributed by atoms with E-state index in [1.807, 2.05) is 13.0 Å². The Morgan fingerprint density at radius 2 is 2.27 bits per heavy atom. The quantitative estimate of drug-likeness (QED) is 0.685. The molecule has 0 amide bonds. The Kier molecular flexibility index (Phi) is 2.09. The van der Waals surface area contributed by atoms with E-state index in [2.05, 4.69) is 14.9 Å². The van der Waals surface area contributed by atoms with E-state index in [4.69, 9.17) is 11.6 Å². The normalized spacial score (nSPS) is 28.8. The van der Waals surface area contributed by atoms with Gasteiger partial charge in [-0.3, -0.25) is 0 Å². The summed E-state index contributed by atoms with van der Waals surface area (Å²) in [7, 11) is 0. The van der Waals surface area contributed by atoms with Crippen molar-refractivity contribution in [1.82, 2.24) is 9.97 Å². The third-order valence-electron chi connectivity index (χ3n) is 3.50. The average Bonchev–Trinajstić information content (AvgIpc) is 2.76. The Morgan fingerprint density at radius 3 is 2.87 bits per heavy atom. The van der Waals surface area contributed by atoms with Crippen molar-refractivity contribution >= 4 is 17.4 Å². The first-order valence-electron chi connectivity index (χ1n) is 5.50. The zero-order valence-electron chi connectivity index (χ0n) is 8.78. The van der Waals surface area contributed by atoms with Gasteiger partial charge in [-0.15, -0.1) is 0 Å². The number of piperidine rings is 1. The number of hydrogen-bond donors (Lipinski definition) is 0. The van der Waals surface area contributed by atoms with Crippen LogP contribution in [0.5, 0.6) is 0 Å². The Bertz CT molecular complexity index is 373. The van der Waals surface area contributed by atoms with E-state index in [-0.39, 0.29) is 0 Å². The first-order valence-corrected chi connectivity index (χ1v) is 5.88. The molecular formula is C11H14ClN3. The van der Waals surface area contributed by atoms with E-state index >= 15 is 0 Å². The van der Waals surface area contributed by atoms with Crippen molar-refractivity contribution < 1.29 is 0 Å². The van der Waals surface area contributed by atoms with Gasteiger partial charge in [0.25, 0.3) is 0 Å². The number of fused-ring (bicyclic) bond motifs is 2. The molecule has 0 unspecified atom stereocenters. The summed E-state index contributed by atoms with van der Waals surface area (Å²) >= 11 is 5.95. The molecular weight excluding hydrogens is 210 g/mol. The van der Waals surface area contributed by atoms with Crippen LogP contribution in [0.4, 0.5) is 5.82 Å². The molecule has 15 heavy (non-hydrogen) atoms. The van der Waals surface area contributed by atoms with Gasteiger partial charge < -0.3 is 4.90 Å². The van der Waals surface area contributed by atoms with Crippen molar-refractivity contribution in [1.29, 1.82) is 0 Å². The maximum atomic E-state index is 5.95. The van der Waals surface area contributed by atoms with Crippen LogP contribution in [-0.2, 0) is 0 Å². The predicted octanol–water partition coefficient (Wildman–Crippen LogP) is 2.43. The maximum absolute atomic E-state index is 5.95. The molecule has 1 aromatic rings. The minimum absolute atomic E-state index is 0.556. The molecule has 1 aliphatic heterocycles. The van der Waals surface area contributed by atoms with Gasteiger partial charge in [-0.2, -0.15) is 0 Å². The molecule has 80 valence electrons. The predicted molar refractivity (Wildman–Crippen MR) is 60.3 cm³/mol. The topological polar surface area (TPSA) is 29.0 Å². The summed E-state index contributed by atoms with van der Waals surface area (Å²) in [5.74, 6) is 2.66. The van der Waals surface area contributed by atoms with Gasteiger partial charge in [-0.25, -0.2) is 9.97 Å². The molecule has 2 aliphatic rings. The lowest BCUT2D eigenvalue weighted by molar-refractivity contribution is 0.550. The molecule has 1 saturated carbocycles. The molecule has 2 heterocycles. The Balaban J connectivity index is 1.93. The SMILES string of the molecule is Cc1nc(Cl)cc(N2C[C@H]3CC[C@H]2C3)n1. The van der Waals surface area contributed by atoms with Crippen LogP contribution in [0.2, 0.25) is 5.15 Å². The van der Waals surface area contributed by atoms with Crippen molar-refractivity contribution in [3.63, 3.8) is 0 Å². The van der Waals surface area contributed by atoms with Crippen LogP contribution in [0, 0.1) is 12.8 Å². The number of halogens is 1. The zero-order chi connectivity index (χ0) is 10.4. The molecule has 3 rings (SSSR count). The second-order valence-corrected chi connectivity index (χ2v) is 4.97. The smallest absolute Gasteiger partial charge is 0.134 e. The Morgan fingerprint density at radius 1 is 1.40 bits per heavy atom. The summed E-state index contributed by atoms with van der Waals surface area (Å²) in [6, 6.07) is 2.58. The highest BCUT2D eigenvalue weighted by atomic mass is 35.5. The van der Waals surface area contributed by atoms with Crippen molar-refractivity contribution in [2.75, 3.05) is 11.4 Å².